The molecule has 1 rings (SSSR count). The van der Waals surface area contributed by atoms with E-state index in [1.165, 1.54) is 7.11 Å². The second-order valence-electron chi connectivity index (χ2n) is 4.34. The summed E-state index contributed by atoms with van der Waals surface area (Å²) in [6.07, 6.45) is 0.525. The third-order valence-electron chi connectivity index (χ3n) is 2.94. The number of rotatable bonds is 6. The van der Waals surface area contributed by atoms with Crippen LogP contribution in [0.4, 0.5) is 0 Å². The molecule has 0 saturated carbocycles. The molecule has 0 aliphatic heterocycles. The molecule has 1 atom stereocenters. The molecule has 18 heavy (non-hydrogen) atoms. The van der Waals surface area contributed by atoms with Crippen LogP contribution in [0.5, 0.6) is 5.75 Å². The normalized spacial score (nSPS) is 13.8. The van der Waals surface area contributed by atoms with Crippen molar-refractivity contribution in [3.8, 4) is 5.75 Å². The average molecular weight is 251 g/mol. The highest BCUT2D eigenvalue weighted by molar-refractivity contribution is 5.80. The molecular formula is C14H21NO3. The zero-order valence-electron chi connectivity index (χ0n) is 11.4. The lowest BCUT2D eigenvalue weighted by molar-refractivity contribution is -0.147. The van der Waals surface area contributed by atoms with Crippen LogP contribution in [0.1, 0.15) is 19.4 Å². The molecule has 4 nitrogen and oxygen atoms in total. The van der Waals surface area contributed by atoms with Crippen molar-refractivity contribution in [1.29, 1.82) is 0 Å². The third-order valence-corrected chi connectivity index (χ3v) is 2.94. The molecular weight excluding hydrogens is 230 g/mol. The van der Waals surface area contributed by atoms with Gasteiger partial charge in [0.05, 0.1) is 14.2 Å². The van der Waals surface area contributed by atoms with Crippen LogP contribution in [0, 0.1) is 0 Å². The van der Waals surface area contributed by atoms with E-state index in [0.29, 0.717) is 13.0 Å². The van der Waals surface area contributed by atoms with Crippen LogP contribution >= 0.6 is 0 Å². The van der Waals surface area contributed by atoms with Gasteiger partial charge >= 0.3 is 5.97 Å². The van der Waals surface area contributed by atoms with Gasteiger partial charge in [-0.1, -0.05) is 25.1 Å². The van der Waals surface area contributed by atoms with Gasteiger partial charge in [-0.15, -0.1) is 0 Å². The number of ether oxygens (including phenoxy) is 2. The number of likely N-dealkylation sites (N-methyl/N-ethyl adjacent to an activating group) is 1. The Morgan fingerprint density at radius 3 is 2.56 bits per heavy atom. The first-order valence-corrected chi connectivity index (χ1v) is 6.02. The van der Waals surface area contributed by atoms with Crippen LogP contribution in [0.15, 0.2) is 24.3 Å². The van der Waals surface area contributed by atoms with Crippen molar-refractivity contribution in [2.75, 3.05) is 20.8 Å². The van der Waals surface area contributed by atoms with Crippen LogP contribution in [-0.4, -0.2) is 32.3 Å². The molecule has 4 heteroatoms. The van der Waals surface area contributed by atoms with Gasteiger partial charge in [-0.25, -0.2) is 0 Å². The van der Waals surface area contributed by atoms with Gasteiger partial charge in [-0.3, -0.25) is 4.79 Å². The summed E-state index contributed by atoms with van der Waals surface area (Å²) >= 11 is 0. The van der Waals surface area contributed by atoms with Gasteiger partial charge in [-0.2, -0.15) is 0 Å². The molecule has 1 unspecified atom stereocenters. The molecule has 0 heterocycles. The fraction of sp³-hybridized carbons (Fsp3) is 0.500. The van der Waals surface area contributed by atoms with E-state index >= 15 is 0 Å². The number of para-hydroxylation sites is 1. The molecule has 0 aliphatic rings. The largest absolute Gasteiger partial charge is 0.496 e. The van der Waals surface area contributed by atoms with Crippen LogP contribution in [0.25, 0.3) is 0 Å². The fourth-order valence-corrected chi connectivity index (χ4v) is 2.05. The van der Waals surface area contributed by atoms with E-state index in [-0.39, 0.29) is 5.97 Å². The minimum atomic E-state index is -0.738. The second-order valence-corrected chi connectivity index (χ2v) is 4.34. The van der Waals surface area contributed by atoms with Gasteiger partial charge in [0, 0.05) is 6.42 Å². The molecule has 0 spiro atoms. The summed E-state index contributed by atoms with van der Waals surface area (Å²) in [5.74, 6) is 0.515. The minimum Gasteiger partial charge on any atom is -0.496 e. The Hall–Kier alpha value is -1.55. The summed E-state index contributed by atoms with van der Waals surface area (Å²) in [4.78, 5) is 11.9. The van der Waals surface area contributed by atoms with E-state index < -0.39 is 5.54 Å². The number of hydrogen-bond donors (Lipinski definition) is 1. The van der Waals surface area contributed by atoms with Gasteiger partial charge in [0.15, 0.2) is 0 Å². The lowest BCUT2D eigenvalue weighted by Crippen LogP contribution is -2.51. The first kappa shape index (κ1) is 14.5. The Balaban J connectivity index is 2.99. The summed E-state index contributed by atoms with van der Waals surface area (Å²) in [6, 6.07) is 7.68. The Morgan fingerprint density at radius 1 is 1.33 bits per heavy atom. The van der Waals surface area contributed by atoms with E-state index in [2.05, 4.69) is 5.32 Å². The number of benzene rings is 1. The molecule has 0 amide bonds. The number of methoxy groups -OCH3 is 2. The van der Waals surface area contributed by atoms with Gasteiger partial charge in [0.25, 0.3) is 0 Å². The molecule has 1 N–H and O–H groups in total. The van der Waals surface area contributed by atoms with Gasteiger partial charge in [-0.05, 0) is 25.1 Å². The molecule has 0 fully saturated rings. The van der Waals surface area contributed by atoms with Crippen molar-refractivity contribution in [1.82, 2.24) is 5.32 Å². The first-order chi connectivity index (χ1) is 8.57. The van der Waals surface area contributed by atoms with Crippen LogP contribution in [0.2, 0.25) is 0 Å². The van der Waals surface area contributed by atoms with Crippen molar-refractivity contribution in [2.24, 2.45) is 0 Å². The Labute approximate surface area is 108 Å². The van der Waals surface area contributed by atoms with Crippen molar-refractivity contribution >= 4 is 5.97 Å². The minimum absolute atomic E-state index is 0.268. The standard InChI is InChI=1S/C14H21NO3/c1-5-15-14(2,13(16)18-4)10-11-8-6-7-9-12(11)17-3/h6-9,15H,5,10H2,1-4H3. The lowest BCUT2D eigenvalue weighted by Gasteiger charge is -2.28. The molecule has 1 aromatic rings. The highest BCUT2D eigenvalue weighted by Gasteiger charge is 2.34. The first-order valence-electron chi connectivity index (χ1n) is 6.02. The predicted octanol–water partition coefficient (Wildman–Crippen LogP) is 1.78. The van der Waals surface area contributed by atoms with Crippen LogP contribution in [0.3, 0.4) is 0 Å². The van der Waals surface area contributed by atoms with Crippen molar-refractivity contribution in [3.05, 3.63) is 29.8 Å². The maximum absolute atomic E-state index is 11.9. The summed E-state index contributed by atoms with van der Waals surface area (Å²) in [6.45, 7) is 4.50. The van der Waals surface area contributed by atoms with E-state index in [0.717, 1.165) is 11.3 Å². The zero-order valence-corrected chi connectivity index (χ0v) is 11.4. The zero-order chi connectivity index (χ0) is 13.6. The molecule has 0 aliphatic carbocycles. The summed E-state index contributed by atoms with van der Waals surface area (Å²) in [7, 11) is 3.03. The summed E-state index contributed by atoms with van der Waals surface area (Å²) in [5, 5.41) is 3.18. The number of hydrogen-bond acceptors (Lipinski definition) is 4. The maximum Gasteiger partial charge on any atom is 0.326 e. The maximum atomic E-state index is 11.9. The number of nitrogens with one attached hydrogen (secondary N) is 1. The molecule has 0 aromatic heterocycles. The predicted molar refractivity (Wildman–Crippen MR) is 70.8 cm³/mol. The topological polar surface area (TPSA) is 47.6 Å². The van der Waals surface area contributed by atoms with Crippen molar-refractivity contribution in [3.63, 3.8) is 0 Å². The van der Waals surface area contributed by atoms with E-state index in [1.807, 2.05) is 38.1 Å². The van der Waals surface area contributed by atoms with E-state index in [9.17, 15) is 4.79 Å². The Bertz CT molecular complexity index is 406. The summed E-state index contributed by atoms with van der Waals surface area (Å²) < 4.78 is 10.2. The molecule has 0 bridgehead atoms. The van der Waals surface area contributed by atoms with Crippen LogP contribution in [-0.2, 0) is 16.0 Å². The summed E-state index contributed by atoms with van der Waals surface area (Å²) in [5.41, 5.74) is 0.242. The number of esters is 1. The fourth-order valence-electron chi connectivity index (χ4n) is 2.05. The van der Waals surface area contributed by atoms with Gasteiger partial charge < -0.3 is 14.8 Å². The monoisotopic (exact) mass is 251 g/mol. The molecule has 1 aromatic carbocycles. The number of carbonyl (C=O) groups excluding carboxylic acids is 1. The molecule has 0 radical (unpaired) electrons. The quantitative estimate of drug-likeness (QED) is 0.783. The highest BCUT2D eigenvalue weighted by Crippen LogP contribution is 2.23. The van der Waals surface area contributed by atoms with Crippen LogP contribution < -0.4 is 10.1 Å². The van der Waals surface area contributed by atoms with E-state index in [4.69, 9.17) is 9.47 Å². The second kappa shape index (κ2) is 6.40. The lowest BCUT2D eigenvalue weighted by atomic mass is 9.92. The van der Waals surface area contributed by atoms with Crippen molar-refractivity contribution in [2.45, 2.75) is 25.8 Å². The highest BCUT2D eigenvalue weighted by atomic mass is 16.5. The average Bonchev–Trinajstić information content (AvgIpc) is 2.38. The smallest absolute Gasteiger partial charge is 0.326 e. The molecule has 100 valence electrons. The SMILES string of the molecule is CCNC(C)(Cc1ccccc1OC)C(=O)OC. The Morgan fingerprint density at radius 2 is 2.00 bits per heavy atom. The van der Waals surface area contributed by atoms with Crippen molar-refractivity contribution < 1.29 is 14.3 Å². The Kier molecular flexibility index (Phi) is 5.16. The third kappa shape index (κ3) is 3.23. The molecule has 0 saturated heterocycles. The van der Waals surface area contributed by atoms with Gasteiger partial charge in [0.2, 0.25) is 0 Å². The van der Waals surface area contributed by atoms with Gasteiger partial charge in [0.1, 0.15) is 11.3 Å². The van der Waals surface area contributed by atoms with E-state index in [1.54, 1.807) is 7.11 Å². The number of carbonyl (C=O) groups is 1.